The first-order chi connectivity index (χ1) is 16.5. The second kappa shape index (κ2) is 11.1. The lowest BCUT2D eigenvalue weighted by molar-refractivity contribution is -0.138. The maximum atomic E-state index is 13.7. The van der Waals surface area contributed by atoms with Gasteiger partial charge in [0.25, 0.3) is 5.91 Å². The molecular weight excluding hydrogens is 465 g/mol. The molecule has 8 heteroatoms. The monoisotopic (exact) mass is 497 g/mol. The minimum absolute atomic E-state index is 0.297. The van der Waals surface area contributed by atoms with Crippen molar-refractivity contribution in [3.05, 3.63) is 65.2 Å². The van der Waals surface area contributed by atoms with Crippen LogP contribution in [0.25, 0.3) is 11.4 Å². The number of thioether (sulfide) groups is 1. The summed E-state index contributed by atoms with van der Waals surface area (Å²) >= 11 is 1.27. The number of aliphatic carboxylic acids is 1. The largest absolute Gasteiger partial charge is 0.480 e. The van der Waals surface area contributed by atoms with Crippen molar-refractivity contribution >= 4 is 29.3 Å². The number of unbranched alkanes of at least 4 members (excludes halogenated alkanes) is 2. The molecule has 1 aromatic heterocycles. The molecule has 0 fully saturated rings. The lowest BCUT2D eigenvalue weighted by Crippen LogP contribution is -2.26. The normalized spacial score (nSPS) is 11.5. The number of amides is 1. The molecule has 0 aliphatic carbocycles. The average Bonchev–Trinajstić information content (AvgIpc) is 3.13. The Bertz CT molecular complexity index is 1220. The van der Waals surface area contributed by atoms with Crippen LogP contribution in [-0.2, 0) is 11.3 Å². The molecule has 2 aromatic carbocycles. The topological polar surface area (TPSA) is 84.2 Å². The van der Waals surface area contributed by atoms with Crippen molar-refractivity contribution in [1.29, 1.82) is 0 Å². The highest BCUT2D eigenvalue weighted by Gasteiger charge is 2.28. The van der Waals surface area contributed by atoms with Gasteiger partial charge in [-0.1, -0.05) is 38.0 Å². The lowest BCUT2D eigenvalue weighted by Gasteiger charge is -2.18. The Morgan fingerprint density at radius 3 is 2.43 bits per heavy atom. The first kappa shape index (κ1) is 26.5. The zero-order valence-electron chi connectivity index (χ0n) is 20.8. The van der Waals surface area contributed by atoms with E-state index >= 15 is 0 Å². The third-order valence-corrected chi connectivity index (χ3v) is 7.06. The molecule has 3 rings (SSSR count). The summed E-state index contributed by atoms with van der Waals surface area (Å²) in [5.74, 6) is -1.01. The smallest absolute Gasteiger partial charge is 0.319 e. The van der Waals surface area contributed by atoms with E-state index in [4.69, 9.17) is 4.98 Å². The number of rotatable bonds is 10. The van der Waals surface area contributed by atoms with Crippen LogP contribution in [0.3, 0.4) is 0 Å². The summed E-state index contributed by atoms with van der Waals surface area (Å²) in [6.45, 7) is 9.87. The summed E-state index contributed by atoms with van der Waals surface area (Å²) in [6, 6.07) is 11.8. The van der Waals surface area contributed by atoms with Crippen molar-refractivity contribution in [2.24, 2.45) is 0 Å². The zero-order valence-corrected chi connectivity index (χ0v) is 21.6. The molecule has 0 unspecified atom stereocenters. The van der Waals surface area contributed by atoms with Gasteiger partial charge in [-0.05, 0) is 63.9 Å². The lowest BCUT2D eigenvalue weighted by atomic mass is 10.2. The minimum Gasteiger partial charge on any atom is -0.480 e. The number of nitrogens with one attached hydrogen (secondary N) is 1. The number of carbonyl (C=O) groups is 2. The van der Waals surface area contributed by atoms with Crippen LogP contribution in [0.15, 0.2) is 47.4 Å². The average molecular weight is 498 g/mol. The fourth-order valence-electron chi connectivity index (χ4n) is 3.68. The predicted octanol–water partition coefficient (Wildman–Crippen LogP) is 6.70. The Hall–Kier alpha value is -3.13. The van der Waals surface area contributed by atoms with Crippen LogP contribution in [0, 0.1) is 19.7 Å². The Morgan fingerprint density at radius 2 is 1.80 bits per heavy atom. The number of anilines is 1. The zero-order chi connectivity index (χ0) is 25.8. The van der Waals surface area contributed by atoms with Gasteiger partial charge >= 0.3 is 5.97 Å². The second-order valence-electron chi connectivity index (χ2n) is 9.08. The molecule has 0 aliphatic rings. The fraction of sp³-hybridized carbons (Fsp3) is 0.370. The van der Waals surface area contributed by atoms with Gasteiger partial charge in [-0.15, -0.1) is 11.8 Å². The van der Waals surface area contributed by atoms with Crippen LogP contribution >= 0.6 is 11.8 Å². The summed E-state index contributed by atoms with van der Waals surface area (Å²) in [5, 5.41) is 12.2. The number of aromatic nitrogens is 2. The van der Waals surface area contributed by atoms with Crippen molar-refractivity contribution in [1.82, 2.24) is 9.55 Å². The molecule has 1 heterocycles. The van der Waals surface area contributed by atoms with E-state index < -0.39 is 16.5 Å². The van der Waals surface area contributed by atoms with Crippen molar-refractivity contribution in [3.8, 4) is 11.4 Å². The number of hydrogen-bond acceptors (Lipinski definition) is 4. The number of carbonyl (C=O) groups excluding carboxylic acids is 1. The van der Waals surface area contributed by atoms with Gasteiger partial charge in [0.2, 0.25) is 0 Å². The Kier molecular flexibility index (Phi) is 8.38. The maximum Gasteiger partial charge on any atom is 0.319 e. The molecule has 186 valence electrons. The van der Waals surface area contributed by atoms with E-state index in [9.17, 15) is 19.1 Å². The molecule has 0 saturated carbocycles. The summed E-state index contributed by atoms with van der Waals surface area (Å²) in [7, 11) is 0. The second-order valence-corrected chi connectivity index (χ2v) is 10.8. The fourth-order valence-corrected chi connectivity index (χ4v) is 4.63. The number of aryl methyl sites for hydroxylation is 1. The van der Waals surface area contributed by atoms with Gasteiger partial charge in [0.05, 0.1) is 0 Å². The van der Waals surface area contributed by atoms with E-state index in [1.165, 1.54) is 23.9 Å². The number of carboxylic acid groups (broad SMARTS) is 1. The molecular formula is C27H32FN3O3S. The van der Waals surface area contributed by atoms with Crippen LogP contribution in [0.4, 0.5) is 10.1 Å². The van der Waals surface area contributed by atoms with Crippen LogP contribution in [0.5, 0.6) is 0 Å². The Labute approximate surface area is 210 Å². The number of imidazole rings is 1. The van der Waals surface area contributed by atoms with Crippen molar-refractivity contribution in [3.63, 3.8) is 0 Å². The van der Waals surface area contributed by atoms with Gasteiger partial charge in [0.15, 0.2) is 0 Å². The van der Waals surface area contributed by atoms with Gasteiger partial charge in [-0.3, -0.25) is 9.59 Å². The summed E-state index contributed by atoms with van der Waals surface area (Å²) in [5.41, 5.74) is 3.05. The Balaban J connectivity index is 1.94. The number of nitrogens with zero attached hydrogens (tertiary/aromatic N) is 2. The molecule has 0 aliphatic heterocycles. The first-order valence-corrected chi connectivity index (χ1v) is 12.5. The third kappa shape index (κ3) is 6.31. The molecule has 0 spiro atoms. The molecule has 6 nitrogen and oxygen atoms in total. The van der Waals surface area contributed by atoms with Crippen LogP contribution in [0.1, 0.15) is 61.8 Å². The molecule has 0 saturated heterocycles. The van der Waals surface area contributed by atoms with E-state index in [1.54, 1.807) is 19.9 Å². The Morgan fingerprint density at radius 1 is 1.11 bits per heavy atom. The molecule has 3 aromatic rings. The highest BCUT2D eigenvalue weighted by molar-refractivity contribution is 8.01. The molecule has 0 radical (unpaired) electrons. The number of benzene rings is 2. The van der Waals surface area contributed by atoms with Gasteiger partial charge in [0, 0.05) is 28.4 Å². The van der Waals surface area contributed by atoms with Crippen molar-refractivity contribution in [2.75, 3.05) is 5.32 Å². The molecule has 35 heavy (non-hydrogen) atoms. The molecule has 1 amide bonds. The van der Waals surface area contributed by atoms with Gasteiger partial charge in [-0.2, -0.15) is 0 Å². The minimum atomic E-state index is -0.947. The summed E-state index contributed by atoms with van der Waals surface area (Å²) in [6.07, 6.45) is 3.08. The number of hydrogen-bond donors (Lipinski definition) is 2. The van der Waals surface area contributed by atoms with Crippen LogP contribution in [0.2, 0.25) is 0 Å². The predicted molar refractivity (Wildman–Crippen MR) is 139 cm³/mol. The highest BCUT2D eigenvalue weighted by Crippen LogP contribution is 2.34. The van der Waals surface area contributed by atoms with E-state index in [1.807, 2.05) is 42.7 Å². The van der Waals surface area contributed by atoms with Crippen molar-refractivity contribution < 1.29 is 19.1 Å². The van der Waals surface area contributed by atoms with Gasteiger partial charge in [0.1, 0.15) is 22.1 Å². The first-order valence-electron chi connectivity index (χ1n) is 11.7. The number of carboxylic acids is 1. The standard InChI is InChI=1S/C27H32FN3O3S/c1-6-7-8-15-31-18(3)23(25(32)29-22-16-20(28)12-9-17(22)2)30-24(31)19-10-13-21(14-11-19)35-27(4,5)26(33)34/h9-14,16H,6-8,15H2,1-5H3,(H,29,32)(H,33,34). The van der Waals surface area contributed by atoms with E-state index in [0.717, 1.165) is 47.5 Å². The quantitative estimate of drug-likeness (QED) is 0.240. The van der Waals surface area contributed by atoms with E-state index in [2.05, 4.69) is 12.2 Å². The SMILES string of the molecule is CCCCCn1c(-c2ccc(SC(C)(C)C(=O)O)cc2)nc(C(=O)Nc2cc(F)ccc2C)c1C. The van der Waals surface area contributed by atoms with Gasteiger partial charge in [-0.25, -0.2) is 9.37 Å². The van der Waals surface area contributed by atoms with E-state index in [-0.39, 0.29) is 5.91 Å². The molecule has 0 bridgehead atoms. The summed E-state index contributed by atoms with van der Waals surface area (Å²) < 4.78 is 14.8. The third-order valence-electron chi connectivity index (χ3n) is 5.87. The summed E-state index contributed by atoms with van der Waals surface area (Å²) in [4.78, 5) is 30.1. The van der Waals surface area contributed by atoms with Crippen molar-refractivity contribution in [2.45, 2.75) is 70.1 Å². The van der Waals surface area contributed by atoms with Crippen LogP contribution in [-0.4, -0.2) is 31.3 Å². The van der Waals surface area contributed by atoms with E-state index in [0.29, 0.717) is 17.2 Å². The molecule has 2 N–H and O–H groups in total. The van der Waals surface area contributed by atoms with Gasteiger partial charge < -0.3 is 15.0 Å². The highest BCUT2D eigenvalue weighted by atomic mass is 32.2. The maximum absolute atomic E-state index is 13.7. The number of halogens is 1. The molecule has 0 atom stereocenters. The van der Waals surface area contributed by atoms with Crippen LogP contribution < -0.4 is 5.32 Å².